The van der Waals surface area contributed by atoms with Gasteiger partial charge in [-0.3, -0.25) is 0 Å². The van der Waals surface area contributed by atoms with Crippen LogP contribution in [0.1, 0.15) is 32.3 Å². The Hall–Kier alpha value is -0.800. The van der Waals surface area contributed by atoms with E-state index in [2.05, 4.69) is 23.7 Å². The molecule has 16 heavy (non-hydrogen) atoms. The van der Waals surface area contributed by atoms with Gasteiger partial charge in [-0.2, -0.15) is 0 Å². The Labute approximate surface area is 102 Å². The van der Waals surface area contributed by atoms with Crippen molar-refractivity contribution in [1.29, 1.82) is 0 Å². The lowest BCUT2D eigenvalue weighted by atomic mass is 10.0. The lowest BCUT2D eigenvalue weighted by Crippen LogP contribution is -2.39. The lowest BCUT2D eigenvalue weighted by Gasteiger charge is -2.33. The average molecular weight is 240 g/mol. The smallest absolute Gasteiger partial charge is 0.148 e. The molecule has 0 atom stereocenters. The van der Waals surface area contributed by atoms with Gasteiger partial charge in [0.25, 0.3) is 0 Å². The van der Waals surface area contributed by atoms with Gasteiger partial charge < -0.3 is 10.6 Å². The second kappa shape index (κ2) is 4.22. The number of nitrogens with zero attached hydrogens (tertiary/aromatic N) is 2. The van der Waals surface area contributed by atoms with Crippen molar-refractivity contribution in [3.63, 3.8) is 0 Å². The van der Waals surface area contributed by atoms with Crippen LogP contribution in [-0.4, -0.2) is 17.1 Å². The summed E-state index contributed by atoms with van der Waals surface area (Å²) in [5.41, 5.74) is 6.76. The number of hydrogen-bond acceptors (Lipinski definition) is 3. The minimum absolute atomic E-state index is 0.143. The second-order valence-corrected chi connectivity index (χ2v) is 5.26. The summed E-state index contributed by atoms with van der Waals surface area (Å²) in [6.07, 6.45) is 4.16. The van der Waals surface area contributed by atoms with Crippen LogP contribution in [-0.2, 0) is 6.54 Å². The largest absolute Gasteiger partial charge is 0.350 e. The van der Waals surface area contributed by atoms with Crippen molar-refractivity contribution in [1.82, 2.24) is 4.98 Å². The Morgan fingerprint density at radius 1 is 1.56 bits per heavy atom. The highest BCUT2D eigenvalue weighted by atomic mass is 35.5. The van der Waals surface area contributed by atoms with E-state index in [1.165, 1.54) is 12.8 Å². The van der Waals surface area contributed by atoms with Gasteiger partial charge in [-0.1, -0.05) is 11.6 Å². The van der Waals surface area contributed by atoms with Crippen LogP contribution < -0.4 is 10.6 Å². The molecule has 0 bridgehead atoms. The van der Waals surface area contributed by atoms with Gasteiger partial charge in [0.1, 0.15) is 5.82 Å². The summed E-state index contributed by atoms with van der Waals surface area (Å²) in [6, 6.07) is 1.88. The maximum Gasteiger partial charge on any atom is 0.148 e. The van der Waals surface area contributed by atoms with Gasteiger partial charge in [0.15, 0.2) is 0 Å². The Kier molecular flexibility index (Phi) is 3.08. The van der Waals surface area contributed by atoms with Crippen molar-refractivity contribution in [3.8, 4) is 0 Å². The number of aromatic nitrogens is 1. The van der Waals surface area contributed by atoms with E-state index in [1.54, 1.807) is 6.20 Å². The molecular weight excluding hydrogens is 222 g/mol. The number of pyridine rings is 1. The van der Waals surface area contributed by atoms with Crippen LogP contribution in [0.2, 0.25) is 5.02 Å². The predicted octanol–water partition coefficient (Wildman–Crippen LogP) is 2.57. The Morgan fingerprint density at radius 3 is 2.88 bits per heavy atom. The Bertz CT molecular complexity index is 390. The number of hydrogen-bond donors (Lipinski definition) is 1. The predicted molar refractivity (Wildman–Crippen MR) is 67.8 cm³/mol. The van der Waals surface area contributed by atoms with E-state index in [0.29, 0.717) is 11.6 Å². The minimum Gasteiger partial charge on any atom is -0.350 e. The Morgan fingerprint density at radius 2 is 2.31 bits per heavy atom. The van der Waals surface area contributed by atoms with Gasteiger partial charge in [0.05, 0.1) is 5.02 Å². The highest BCUT2D eigenvalue weighted by molar-refractivity contribution is 6.33. The molecule has 1 aromatic rings. The van der Waals surface area contributed by atoms with Gasteiger partial charge in [-0.25, -0.2) is 4.98 Å². The highest BCUT2D eigenvalue weighted by Crippen LogP contribution is 2.37. The standard InChI is InChI=1S/C12H18ClN3/c1-12(2)5-3-7-16(12)11-10(13)9(8-14)4-6-15-11/h4,6H,3,5,7-8,14H2,1-2H3. The molecule has 1 aromatic heterocycles. The maximum atomic E-state index is 6.33. The number of nitrogens with two attached hydrogens (primary N) is 1. The fraction of sp³-hybridized carbons (Fsp3) is 0.583. The summed E-state index contributed by atoms with van der Waals surface area (Å²) in [6.45, 7) is 5.94. The van der Waals surface area contributed by atoms with Gasteiger partial charge in [0, 0.05) is 24.8 Å². The molecular formula is C12H18ClN3. The second-order valence-electron chi connectivity index (χ2n) is 4.88. The fourth-order valence-electron chi connectivity index (χ4n) is 2.32. The van der Waals surface area contributed by atoms with Crippen molar-refractivity contribution < 1.29 is 0 Å². The van der Waals surface area contributed by atoms with Crippen LogP contribution >= 0.6 is 11.6 Å². The minimum atomic E-state index is 0.143. The number of rotatable bonds is 2. The third-order valence-electron chi connectivity index (χ3n) is 3.33. The molecule has 0 saturated carbocycles. The highest BCUT2D eigenvalue weighted by Gasteiger charge is 2.34. The molecule has 1 fully saturated rings. The molecule has 3 nitrogen and oxygen atoms in total. The van der Waals surface area contributed by atoms with E-state index < -0.39 is 0 Å². The third-order valence-corrected chi connectivity index (χ3v) is 3.74. The molecule has 2 rings (SSSR count). The molecule has 0 aliphatic carbocycles. The average Bonchev–Trinajstić information content (AvgIpc) is 2.59. The van der Waals surface area contributed by atoms with E-state index in [1.807, 2.05) is 6.07 Å². The molecule has 0 unspecified atom stereocenters. The molecule has 1 saturated heterocycles. The van der Waals surface area contributed by atoms with Crippen molar-refractivity contribution in [2.24, 2.45) is 5.73 Å². The quantitative estimate of drug-likeness (QED) is 0.863. The van der Waals surface area contributed by atoms with Crippen molar-refractivity contribution >= 4 is 17.4 Å². The SMILES string of the molecule is CC1(C)CCCN1c1nccc(CN)c1Cl. The van der Waals surface area contributed by atoms with Crippen molar-refractivity contribution in [2.75, 3.05) is 11.4 Å². The van der Waals surface area contributed by atoms with Crippen LogP contribution in [0.5, 0.6) is 0 Å². The molecule has 4 heteroatoms. The summed E-state index contributed by atoms with van der Waals surface area (Å²) in [4.78, 5) is 6.69. The molecule has 1 aliphatic heterocycles. The van der Waals surface area contributed by atoms with Crippen LogP contribution in [0.25, 0.3) is 0 Å². The molecule has 0 amide bonds. The van der Waals surface area contributed by atoms with Gasteiger partial charge >= 0.3 is 0 Å². The van der Waals surface area contributed by atoms with E-state index in [0.717, 1.165) is 17.9 Å². The molecule has 0 aromatic carbocycles. The number of anilines is 1. The molecule has 0 spiro atoms. The molecule has 2 heterocycles. The lowest BCUT2D eigenvalue weighted by molar-refractivity contribution is 0.514. The molecule has 88 valence electrons. The fourth-order valence-corrected chi connectivity index (χ4v) is 2.61. The van der Waals surface area contributed by atoms with E-state index in [4.69, 9.17) is 17.3 Å². The zero-order valence-corrected chi connectivity index (χ0v) is 10.6. The summed E-state index contributed by atoms with van der Waals surface area (Å²) in [5, 5.41) is 0.708. The van der Waals surface area contributed by atoms with E-state index >= 15 is 0 Å². The van der Waals surface area contributed by atoms with Crippen molar-refractivity contribution in [2.45, 2.75) is 38.8 Å². The first-order chi connectivity index (χ1) is 7.56. The van der Waals surface area contributed by atoms with Gasteiger partial charge in [0.2, 0.25) is 0 Å². The normalized spacial score (nSPS) is 19.1. The monoisotopic (exact) mass is 239 g/mol. The van der Waals surface area contributed by atoms with Gasteiger partial charge in [-0.15, -0.1) is 0 Å². The van der Waals surface area contributed by atoms with Crippen LogP contribution in [0.15, 0.2) is 12.3 Å². The van der Waals surface area contributed by atoms with Gasteiger partial charge in [-0.05, 0) is 38.3 Å². The van der Waals surface area contributed by atoms with E-state index in [-0.39, 0.29) is 5.54 Å². The molecule has 2 N–H and O–H groups in total. The summed E-state index contributed by atoms with van der Waals surface area (Å²) in [7, 11) is 0. The first-order valence-electron chi connectivity index (χ1n) is 5.67. The van der Waals surface area contributed by atoms with Crippen LogP contribution in [0.4, 0.5) is 5.82 Å². The zero-order valence-electron chi connectivity index (χ0n) is 9.83. The molecule has 0 radical (unpaired) electrons. The first kappa shape index (κ1) is 11.7. The number of halogens is 1. The third kappa shape index (κ3) is 1.89. The van der Waals surface area contributed by atoms with E-state index in [9.17, 15) is 0 Å². The zero-order chi connectivity index (χ0) is 11.8. The maximum absolute atomic E-state index is 6.33. The van der Waals surface area contributed by atoms with Crippen LogP contribution in [0.3, 0.4) is 0 Å². The van der Waals surface area contributed by atoms with Crippen molar-refractivity contribution in [3.05, 3.63) is 22.8 Å². The molecule has 1 aliphatic rings. The summed E-state index contributed by atoms with van der Waals surface area (Å²) >= 11 is 6.33. The first-order valence-corrected chi connectivity index (χ1v) is 6.05. The topological polar surface area (TPSA) is 42.2 Å². The summed E-state index contributed by atoms with van der Waals surface area (Å²) < 4.78 is 0. The summed E-state index contributed by atoms with van der Waals surface area (Å²) in [5.74, 6) is 0.882. The van der Waals surface area contributed by atoms with Crippen LogP contribution in [0, 0.1) is 0 Å². The Balaban J connectivity index is 2.41.